The quantitative estimate of drug-likeness (QED) is 0.476. The van der Waals surface area contributed by atoms with Gasteiger partial charge in [-0.05, 0) is 69.5 Å². The molecular formula is C26H33N7O2. The van der Waals surface area contributed by atoms with E-state index in [1.54, 1.807) is 13.4 Å². The Morgan fingerprint density at radius 1 is 1.17 bits per heavy atom. The van der Waals surface area contributed by atoms with Crippen LogP contribution in [0.3, 0.4) is 0 Å². The first kappa shape index (κ1) is 23.2. The van der Waals surface area contributed by atoms with Crippen LogP contribution in [0.1, 0.15) is 37.2 Å². The summed E-state index contributed by atoms with van der Waals surface area (Å²) in [6.07, 6.45) is 9.74. The van der Waals surface area contributed by atoms with E-state index in [0.29, 0.717) is 35.0 Å². The van der Waals surface area contributed by atoms with Gasteiger partial charge in [0.05, 0.1) is 24.2 Å². The number of hydrogen-bond donors (Lipinski definition) is 2. The molecule has 1 saturated carbocycles. The second kappa shape index (κ2) is 9.58. The summed E-state index contributed by atoms with van der Waals surface area (Å²) in [5.74, 6) is 1.52. The van der Waals surface area contributed by atoms with Crippen molar-refractivity contribution in [2.45, 2.75) is 37.6 Å². The number of anilines is 4. The number of fused-ring (bicyclic) bond motifs is 1. The molecular weight excluding hydrogens is 442 g/mol. The van der Waals surface area contributed by atoms with E-state index >= 15 is 0 Å². The summed E-state index contributed by atoms with van der Waals surface area (Å²) < 4.78 is 7.69. The molecule has 0 radical (unpaired) electrons. The van der Waals surface area contributed by atoms with Crippen molar-refractivity contribution >= 4 is 34.6 Å². The zero-order valence-electron chi connectivity index (χ0n) is 20.6. The Labute approximate surface area is 205 Å². The molecule has 3 heterocycles. The number of nitrogens with one attached hydrogen (secondary N) is 2. The van der Waals surface area contributed by atoms with Crippen LogP contribution in [0.5, 0.6) is 5.75 Å². The van der Waals surface area contributed by atoms with Crippen LogP contribution in [-0.2, 0) is 4.79 Å². The van der Waals surface area contributed by atoms with Crippen molar-refractivity contribution in [3.8, 4) is 5.75 Å². The smallest absolute Gasteiger partial charge is 0.247 e. The molecule has 2 fully saturated rings. The molecule has 9 heteroatoms. The van der Waals surface area contributed by atoms with E-state index in [-0.39, 0.29) is 5.91 Å². The van der Waals surface area contributed by atoms with Crippen LogP contribution >= 0.6 is 0 Å². The number of methoxy groups -OCH3 is 1. The minimum absolute atomic E-state index is 0.260. The van der Waals surface area contributed by atoms with Crippen molar-refractivity contribution in [2.75, 3.05) is 49.8 Å². The highest BCUT2D eigenvalue weighted by Gasteiger charge is 2.26. The summed E-state index contributed by atoms with van der Waals surface area (Å²) in [7, 11) is 5.89. The Bertz CT molecular complexity index is 1240. The molecule has 0 atom stereocenters. The van der Waals surface area contributed by atoms with E-state index < -0.39 is 0 Å². The molecule has 0 unspecified atom stereocenters. The first-order valence-corrected chi connectivity index (χ1v) is 12.1. The highest BCUT2D eigenvalue weighted by Crippen LogP contribution is 2.41. The predicted molar refractivity (Wildman–Crippen MR) is 139 cm³/mol. The summed E-state index contributed by atoms with van der Waals surface area (Å²) in [6.45, 7) is 5.40. The van der Waals surface area contributed by atoms with Gasteiger partial charge in [-0.15, -0.1) is 0 Å². The van der Waals surface area contributed by atoms with Gasteiger partial charge in [0.15, 0.2) is 0 Å². The number of hydrogen-bond acceptors (Lipinski definition) is 7. The number of nitrogens with zero attached hydrogens (tertiary/aromatic N) is 5. The van der Waals surface area contributed by atoms with Gasteiger partial charge in [0.2, 0.25) is 11.9 Å². The van der Waals surface area contributed by atoms with Gasteiger partial charge in [-0.25, -0.2) is 4.98 Å². The number of piperidine rings is 1. The maximum Gasteiger partial charge on any atom is 0.247 e. The van der Waals surface area contributed by atoms with Crippen LogP contribution in [0.15, 0.2) is 43.4 Å². The highest BCUT2D eigenvalue weighted by molar-refractivity contribution is 6.02. The number of benzene rings is 1. The van der Waals surface area contributed by atoms with Crippen molar-refractivity contribution < 1.29 is 9.53 Å². The largest absolute Gasteiger partial charge is 0.494 e. The molecule has 2 N–H and O–H groups in total. The van der Waals surface area contributed by atoms with Crippen LogP contribution in [-0.4, -0.2) is 65.5 Å². The zero-order chi connectivity index (χ0) is 24.5. The Hall–Kier alpha value is -3.59. The van der Waals surface area contributed by atoms with Gasteiger partial charge in [0, 0.05) is 31.4 Å². The summed E-state index contributed by atoms with van der Waals surface area (Å²) in [5, 5.41) is 6.26. The van der Waals surface area contributed by atoms with Gasteiger partial charge in [-0.3, -0.25) is 9.20 Å². The number of ether oxygens (including phenoxy) is 1. The monoisotopic (exact) mass is 475 g/mol. The van der Waals surface area contributed by atoms with Gasteiger partial charge in [0.25, 0.3) is 0 Å². The Kier molecular flexibility index (Phi) is 6.34. The van der Waals surface area contributed by atoms with Crippen molar-refractivity contribution in [1.82, 2.24) is 19.3 Å². The van der Waals surface area contributed by atoms with Gasteiger partial charge in [-0.2, -0.15) is 4.98 Å². The molecule has 0 spiro atoms. The van der Waals surface area contributed by atoms with E-state index in [9.17, 15) is 4.79 Å². The van der Waals surface area contributed by atoms with E-state index in [4.69, 9.17) is 4.74 Å². The van der Waals surface area contributed by atoms with E-state index in [2.05, 4.69) is 63.3 Å². The highest BCUT2D eigenvalue weighted by atomic mass is 16.5. The van der Waals surface area contributed by atoms with E-state index in [1.165, 1.54) is 24.5 Å². The van der Waals surface area contributed by atoms with Gasteiger partial charge in [0.1, 0.15) is 17.7 Å². The average Bonchev–Trinajstić information content (AvgIpc) is 3.63. The molecule has 1 amide bonds. The van der Waals surface area contributed by atoms with Crippen molar-refractivity contribution in [3.63, 3.8) is 0 Å². The molecule has 35 heavy (non-hydrogen) atoms. The molecule has 184 valence electrons. The lowest BCUT2D eigenvalue weighted by Crippen LogP contribution is -2.42. The maximum atomic E-state index is 12.3. The molecule has 2 aromatic heterocycles. The minimum Gasteiger partial charge on any atom is -0.494 e. The SMILES string of the molecule is C=CC(=O)Nc1cc(Nc2ncn3cc(C4CC4)cc3n2)c(OC)cc1N1CCC(N(C)C)CC1. The Balaban J connectivity index is 1.45. The van der Waals surface area contributed by atoms with Crippen LogP contribution in [0.25, 0.3) is 5.65 Å². The number of aromatic nitrogens is 3. The molecule has 1 saturated heterocycles. The summed E-state index contributed by atoms with van der Waals surface area (Å²) in [4.78, 5) is 26.0. The number of rotatable bonds is 8. The molecule has 1 aliphatic carbocycles. The second-order valence-electron chi connectivity index (χ2n) is 9.56. The topological polar surface area (TPSA) is 87.0 Å². The molecule has 2 aliphatic rings. The fourth-order valence-corrected chi connectivity index (χ4v) is 4.75. The first-order chi connectivity index (χ1) is 16.9. The third-order valence-corrected chi connectivity index (χ3v) is 6.97. The fraction of sp³-hybridized carbons (Fsp3) is 0.423. The second-order valence-corrected chi connectivity index (χ2v) is 9.56. The fourth-order valence-electron chi connectivity index (χ4n) is 4.75. The standard InChI is InChI=1S/C26H33N7O2/c1-5-25(34)28-20-13-21(23(35-4)14-22(20)32-10-8-19(9-11-32)31(2)3)29-26-27-16-33-15-18(17-6-7-17)12-24(33)30-26/h5,12-17,19H,1,6-11H2,2-4H3,(H,28,34)(H,29,30). The lowest BCUT2D eigenvalue weighted by Gasteiger charge is -2.37. The summed E-state index contributed by atoms with van der Waals surface area (Å²) in [6, 6.07) is 6.53. The zero-order valence-corrected chi connectivity index (χ0v) is 20.6. The molecule has 5 rings (SSSR count). The van der Waals surface area contributed by atoms with Gasteiger partial charge >= 0.3 is 0 Å². The Morgan fingerprint density at radius 3 is 2.60 bits per heavy atom. The van der Waals surface area contributed by atoms with Crippen molar-refractivity contribution in [3.05, 3.63) is 48.9 Å². The Morgan fingerprint density at radius 2 is 1.94 bits per heavy atom. The first-order valence-electron chi connectivity index (χ1n) is 12.1. The predicted octanol–water partition coefficient (Wildman–Crippen LogP) is 4.01. The summed E-state index contributed by atoms with van der Waals surface area (Å²) in [5.41, 5.74) is 4.46. The lowest BCUT2D eigenvalue weighted by atomic mass is 10.0. The molecule has 3 aromatic rings. The normalized spacial score (nSPS) is 16.5. The summed E-state index contributed by atoms with van der Waals surface area (Å²) >= 11 is 0. The molecule has 0 bridgehead atoms. The van der Waals surface area contributed by atoms with E-state index in [1.807, 2.05) is 16.5 Å². The minimum atomic E-state index is -0.260. The van der Waals surface area contributed by atoms with E-state index in [0.717, 1.165) is 37.3 Å². The van der Waals surface area contributed by atoms with Gasteiger partial charge < -0.3 is 25.2 Å². The number of carbonyl (C=O) groups excluding carboxylic acids is 1. The number of amides is 1. The molecule has 9 nitrogen and oxygen atoms in total. The number of carbonyl (C=O) groups is 1. The van der Waals surface area contributed by atoms with Gasteiger partial charge in [-0.1, -0.05) is 6.58 Å². The average molecular weight is 476 g/mol. The van der Waals surface area contributed by atoms with Crippen LogP contribution in [0, 0.1) is 0 Å². The van der Waals surface area contributed by atoms with Crippen LogP contribution < -0.4 is 20.3 Å². The maximum absolute atomic E-state index is 12.3. The van der Waals surface area contributed by atoms with Crippen LogP contribution in [0.4, 0.5) is 23.0 Å². The van der Waals surface area contributed by atoms with Crippen LogP contribution in [0.2, 0.25) is 0 Å². The van der Waals surface area contributed by atoms with Crippen molar-refractivity contribution in [1.29, 1.82) is 0 Å². The van der Waals surface area contributed by atoms with Crippen molar-refractivity contribution in [2.24, 2.45) is 0 Å². The third kappa shape index (κ3) is 4.95. The lowest BCUT2D eigenvalue weighted by molar-refractivity contribution is -0.111. The molecule has 1 aliphatic heterocycles. The third-order valence-electron chi connectivity index (χ3n) is 6.97. The molecule has 1 aromatic carbocycles.